The molecule has 1 atom stereocenters. The van der Waals surface area contributed by atoms with Crippen LogP contribution in [0, 0.1) is 12.8 Å². The third-order valence-corrected chi connectivity index (χ3v) is 7.62. The van der Waals surface area contributed by atoms with E-state index in [-0.39, 0.29) is 11.9 Å². The monoisotopic (exact) mass is 440 g/mol. The van der Waals surface area contributed by atoms with Crippen molar-refractivity contribution in [2.75, 3.05) is 11.9 Å². The molecule has 1 aromatic carbocycles. The first-order valence-electron chi connectivity index (χ1n) is 10.1. The first-order valence-corrected chi connectivity index (χ1v) is 11.8. The zero-order valence-corrected chi connectivity index (χ0v) is 18.9. The van der Waals surface area contributed by atoms with Crippen molar-refractivity contribution >= 4 is 39.6 Å². The molecule has 156 valence electrons. The Hall–Kier alpha value is -2.51. The minimum atomic E-state index is -0.356. The summed E-state index contributed by atoms with van der Waals surface area (Å²) in [6.07, 6.45) is 2.81. The molecule has 2 aromatic heterocycles. The predicted molar refractivity (Wildman–Crippen MR) is 122 cm³/mol. The molecule has 0 radical (unpaired) electrons. The molecule has 1 aliphatic carbocycles. The van der Waals surface area contributed by atoms with Crippen LogP contribution in [-0.4, -0.2) is 23.5 Å². The lowest BCUT2D eigenvalue weighted by molar-refractivity contribution is 0.0526. The van der Waals surface area contributed by atoms with Crippen molar-refractivity contribution in [2.24, 2.45) is 5.92 Å². The molecular formula is C23H24N2O3S2. The summed E-state index contributed by atoms with van der Waals surface area (Å²) in [5.41, 5.74) is 3.24. The lowest BCUT2D eigenvalue weighted by Crippen LogP contribution is -2.16. The molecule has 1 amide bonds. The van der Waals surface area contributed by atoms with E-state index in [1.807, 2.05) is 37.3 Å². The predicted octanol–water partition coefficient (Wildman–Crippen LogP) is 5.73. The molecule has 7 heteroatoms. The summed E-state index contributed by atoms with van der Waals surface area (Å²) in [5.74, 6) is -0.0119. The van der Waals surface area contributed by atoms with Crippen LogP contribution in [0.3, 0.4) is 0 Å². The maximum Gasteiger partial charge on any atom is 0.341 e. The topological polar surface area (TPSA) is 68.3 Å². The number of aryl methyl sites for hydroxylation is 1. The number of amides is 1. The summed E-state index contributed by atoms with van der Waals surface area (Å²) in [6.45, 7) is 6.16. The number of carbonyl (C=O) groups is 2. The number of anilines is 1. The van der Waals surface area contributed by atoms with E-state index in [2.05, 4.69) is 17.2 Å². The second-order valence-corrected chi connectivity index (χ2v) is 9.63. The Labute approximate surface area is 184 Å². The summed E-state index contributed by atoms with van der Waals surface area (Å²) in [7, 11) is 0. The van der Waals surface area contributed by atoms with Gasteiger partial charge in [-0.15, -0.1) is 22.7 Å². The Bertz CT molecular complexity index is 1090. The number of benzene rings is 1. The molecule has 2 heterocycles. The van der Waals surface area contributed by atoms with Crippen LogP contribution in [0.15, 0.2) is 30.3 Å². The highest BCUT2D eigenvalue weighted by Crippen LogP contribution is 2.40. The van der Waals surface area contributed by atoms with Gasteiger partial charge in [-0.25, -0.2) is 9.78 Å². The number of thiazole rings is 1. The maximum atomic E-state index is 13.1. The van der Waals surface area contributed by atoms with Gasteiger partial charge in [0.15, 0.2) is 0 Å². The molecule has 4 rings (SSSR count). The van der Waals surface area contributed by atoms with Gasteiger partial charge in [0, 0.05) is 10.4 Å². The molecule has 1 aliphatic rings. The summed E-state index contributed by atoms with van der Waals surface area (Å²) in [6, 6.07) is 9.82. The van der Waals surface area contributed by atoms with E-state index in [0.29, 0.717) is 33.7 Å². The van der Waals surface area contributed by atoms with Crippen molar-refractivity contribution in [1.82, 2.24) is 4.98 Å². The number of esters is 1. The minimum Gasteiger partial charge on any atom is -0.462 e. The van der Waals surface area contributed by atoms with Crippen LogP contribution in [0.4, 0.5) is 5.00 Å². The van der Waals surface area contributed by atoms with Gasteiger partial charge in [0.25, 0.3) is 5.91 Å². The number of nitrogens with one attached hydrogen (secondary N) is 1. The number of rotatable bonds is 5. The lowest BCUT2D eigenvalue weighted by Gasteiger charge is -2.18. The van der Waals surface area contributed by atoms with E-state index in [9.17, 15) is 9.59 Å². The zero-order chi connectivity index (χ0) is 21.3. The third kappa shape index (κ3) is 4.04. The van der Waals surface area contributed by atoms with Crippen LogP contribution in [-0.2, 0) is 17.6 Å². The fraction of sp³-hybridized carbons (Fsp3) is 0.348. The molecule has 0 unspecified atom stereocenters. The lowest BCUT2D eigenvalue weighted by atomic mass is 9.88. The second kappa shape index (κ2) is 8.70. The molecule has 0 saturated carbocycles. The normalized spacial score (nSPS) is 15.5. The van der Waals surface area contributed by atoms with Crippen LogP contribution < -0.4 is 5.32 Å². The van der Waals surface area contributed by atoms with Crippen LogP contribution in [0.2, 0.25) is 0 Å². The number of hydrogen-bond acceptors (Lipinski definition) is 6. The summed E-state index contributed by atoms with van der Waals surface area (Å²) in [4.78, 5) is 32.1. The van der Waals surface area contributed by atoms with E-state index in [1.54, 1.807) is 6.92 Å². The van der Waals surface area contributed by atoms with Crippen molar-refractivity contribution in [2.45, 2.75) is 40.0 Å². The molecule has 0 spiro atoms. The van der Waals surface area contributed by atoms with E-state index >= 15 is 0 Å². The molecule has 0 aliphatic heterocycles. The fourth-order valence-electron chi connectivity index (χ4n) is 3.73. The third-order valence-electron chi connectivity index (χ3n) is 5.24. The van der Waals surface area contributed by atoms with Crippen molar-refractivity contribution in [3.8, 4) is 10.6 Å². The molecule has 1 N–H and O–H groups in total. The van der Waals surface area contributed by atoms with Crippen molar-refractivity contribution in [3.63, 3.8) is 0 Å². The van der Waals surface area contributed by atoms with E-state index < -0.39 is 0 Å². The van der Waals surface area contributed by atoms with E-state index in [1.165, 1.54) is 27.6 Å². The minimum absolute atomic E-state index is 0.232. The van der Waals surface area contributed by atoms with Crippen molar-refractivity contribution < 1.29 is 14.3 Å². The first kappa shape index (κ1) is 20.8. The van der Waals surface area contributed by atoms with Crippen molar-refractivity contribution in [1.29, 1.82) is 0 Å². The Balaban J connectivity index is 1.65. The molecule has 0 bridgehead atoms. The first-order chi connectivity index (χ1) is 14.5. The summed E-state index contributed by atoms with van der Waals surface area (Å²) in [5, 5.41) is 4.39. The van der Waals surface area contributed by atoms with Gasteiger partial charge in [0.05, 0.1) is 17.9 Å². The van der Waals surface area contributed by atoms with Crippen LogP contribution in [0.5, 0.6) is 0 Å². The molecule has 0 saturated heterocycles. The highest BCUT2D eigenvalue weighted by Gasteiger charge is 2.30. The van der Waals surface area contributed by atoms with Gasteiger partial charge in [-0.3, -0.25) is 4.79 Å². The van der Waals surface area contributed by atoms with Gasteiger partial charge >= 0.3 is 5.97 Å². The quantitative estimate of drug-likeness (QED) is 0.514. The average Bonchev–Trinajstić information content (AvgIpc) is 3.28. The number of fused-ring (bicyclic) bond motifs is 1. The van der Waals surface area contributed by atoms with Crippen LogP contribution in [0.25, 0.3) is 10.6 Å². The maximum absolute atomic E-state index is 13.1. The highest BCUT2D eigenvalue weighted by atomic mass is 32.1. The van der Waals surface area contributed by atoms with Gasteiger partial charge in [-0.1, -0.05) is 37.3 Å². The molecular weight excluding hydrogens is 416 g/mol. The highest BCUT2D eigenvalue weighted by molar-refractivity contribution is 7.18. The SMILES string of the molecule is CCOC(=O)c1c(NC(=O)c2sc(-c3ccccc3)nc2C)sc2c1CC[C@@H](C)C2. The molecule has 5 nitrogen and oxygen atoms in total. The van der Waals surface area contributed by atoms with Crippen LogP contribution >= 0.6 is 22.7 Å². The molecule has 3 aromatic rings. The largest absolute Gasteiger partial charge is 0.462 e. The number of carbonyl (C=O) groups excluding carboxylic acids is 2. The number of nitrogens with zero attached hydrogens (tertiary/aromatic N) is 1. The Kier molecular flexibility index (Phi) is 6.01. The molecule has 30 heavy (non-hydrogen) atoms. The Morgan fingerprint density at radius 2 is 2.00 bits per heavy atom. The van der Waals surface area contributed by atoms with Gasteiger partial charge in [-0.2, -0.15) is 0 Å². The second-order valence-electron chi connectivity index (χ2n) is 7.53. The standard InChI is InChI=1S/C23H24N2O3S2/c1-4-28-23(27)18-16-11-10-13(2)12-17(16)29-22(18)25-20(26)19-14(3)24-21(30-19)15-8-6-5-7-9-15/h5-9,13H,4,10-12H2,1-3H3,(H,25,26)/t13-/m1/s1. The zero-order valence-electron chi connectivity index (χ0n) is 17.3. The average molecular weight is 441 g/mol. The van der Waals surface area contributed by atoms with Crippen molar-refractivity contribution in [3.05, 3.63) is 56.9 Å². The van der Waals surface area contributed by atoms with Gasteiger partial charge in [0.1, 0.15) is 14.9 Å². The van der Waals surface area contributed by atoms with E-state index in [0.717, 1.165) is 35.4 Å². The number of thiophene rings is 1. The Morgan fingerprint density at radius 3 is 2.73 bits per heavy atom. The molecule has 0 fully saturated rings. The number of hydrogen-bond donors (Lipinski definition) is 1. The fourth-order valence-corrected chi connectivity index (χ4v) is 6.09. The summed E-state index contributed by atoms with van der Waals surface area (Å²) >= 11 is 2.87. The Morgan fingerprint density at radius 1 is 1.23 bits per heavy atom. The smallest absolute Gasteiger partial charge is 0.341 e. The number of aromatic nitrogens is 1. The van der Waals surface area contributed by atoms with Crippen LogP contribution in [0.1, 0.15) is 56.4 Å². The van der Waals surface area contributed by atoms with E-state index in [4.69, 9.17) is 4.74 Å². The van der Waals surface area contributed by atoms with Gasteiger partial charge in [-0.05, 0) is 44.6 Å². The van der Waals surface area contributed by atoms with Gasteiger partial charge < -0.3 is 10.1 Å². The summed E-state index contributed by atoms with van der Waals surface area (Å²) < 4.78 is 5.30. The number of ether oxygens (including phenoxy) is 1. The van der Waals surface area contributed by atoms with Gasteiger partial charge in [0.2, 0.25) is 0 Å².